The zero-order chi connectivity index (χ0) is 15.4. The number of aryl methyl sites for hydroxylation is 1. The first-order valence-corrected chi connectivity index (χ1v) is 8.48. The van der Waals surface area contributed by atoms with Crippen molar-refractivity contribution in [3.8, 4) is 0 Å². The maximum absolute atomic E-state index is 12.2. The number of anilines is 1. The van der Waals surface area contributed by atoms with Gasteiger partial charge in [0, 0.05) is 4.88 Å². The van der Waals surface area contributed by atoms with E-state index in [-0.39, 0.29) is 5.91 Å². The van der Waals surface area contributed by atoms with Crippen LogP contribution in [0.5, 0.6) is 0 Å². The third-order valence-electron chi connectivity index (χ3n) is 2.68. The summed E-state index contributed by atoms with van der Waals surface area (Å²) in [5.41, 5.74) is 0.389. The highest BCUT2D eigenvalue weighted by atomic mass is 35.5. The molecule has 0 aliphatic carbocycles. The zero-order valence-corrected chi connectivity index (χ0v) is 14.0. The Morgan fingerprint density at radius 1 is 1.38 bits per heavy atom. The molecule has 0 spiro atoms. The maximum Gasteiger partial charge on any atom is 0.341 e. The summed E-state index contributed by atoms with van der Waals surface area (Å²) in [6, 6.07) is 3.42. The summed E-state index contributed by atoms with van der Waals surface area (Å²) in [6.07, 6.45) is 0.784. The summed E-state index contributed by atoms with van der Waals surface area (Å²) in [6.45, 7) is 4.03. The molecule has 2 aromatic rings. The SMILES string of the molecule is CCOC(=O)c1cc(CC)sc1NC(=O)c1sccc1Cl. The smallest absolute Gasteiger partial charge is 0.341 e. The fourth-order valence-electron chi connectivity index (χ4n) is 1.69. The summed E-state index contributed by atoms with van der Waals surface area (Å²) < 4.78 is 5.02. The van der Waals surface area contributed by atoms with E-state index in [9.17, 15) is 9.59 Å². The van der Waals surface area contributed by atoms with Gasteiger partial charge in [-0.2, -0.15) is 0 Å². The van der Waals surface area contributed by atoms with Crippen LogP contribution in [-0.2, 0) is 11.2 Å². The molecule has 1 N–H and O–H groups in total. The number of hydrogen-bond donors (Lipinski definition) is 1. The molecule has 112 valence electrons. The molecule has 0 aromatic carbocycles. The first-order chi connectivity index (χ1) is 10.1. The average molecular weight is 344 g/mol. The highest BCUT2D eigenvalue weighted by Gasteiger charge is 2.20. The highest BCUT2D eigenvalue weighted by Crippen LogP contribution is 2.31. The van der Waals surface area contributed by atoms with Crippen molar-refractivity contribution in [1.29, 1.82) is 0 Å². The third kappa shape index (κ3) is 3.64. The van der Waals surface area contributed by atoms with Gasteiger partial charge in [-0.3, -0.25) is 4.79 Å². The zero-order valence-electron chi connectivity index (χ0n) is 11.6. The predicted octanol–water partition coefficient (Wildman–Crippen LogP) is 4.45. The molecular weight excluding hydrogens is 330 g/mol. The Morgan fingerprint density at radius 2 is 2.14 bits per heavy atom. The molecule has 0 atom stereocenters. The second-order valence-electron chi connectivity index (χ2n) is 4.08. The number of carbonyl (C=O) groups excluding carboxylic acids is 2. The minimum absolute atomic E-state index is 0.292. The van der Waals surface area contributed by atoms with E-state index in [1.54, 1.807) is 24.4 Å². The Morgan fingerprint density at radius 3 is 2.71 bits per heavy atom. The molecule has 0 aliphatic rings. The van der Waals surface area contributed by atoms with Crippen molar-refractivity contribution < 1.29 is 14.3 Å². The molecule has 0 fully saturated rings. The minimum Gasteiger partial charge on any atom is -0.462 e. The topological polar surface area (TPSA) is 55.4 Å². The summed E-state index contributed by atoms with van der Waals surface area (Å²) in [5, 5.41) is 5.40. The van der Waals surface area contributed by atoms with Crippen LogP contribution in [-0.4, -0.2) is 18.5 Å². The van der Waals surface area contributed by atoms with Gasteiger partial charge in [-0.15, -0.1) is 22.7 Å². The Bertz CT molecular complexity index is 663. The fraction of sp³-hybridized carbons (Fsp3) is 0.286. The summed E-state index contributed by atoms with van der Waals surface area (Å²) in [4.78, 5) is 25.6. The van der Waals surface area contributed by atoms with E-state index in [0.717, 1.165) is 11.3 Å². The Kier molecular flexibility index (Phi) is 5.39. The molecule has 21 heavy (non-hydrogen) atoms. The molecule has 4 nitrogen and oxygen atoms in total. The lowest BCUT2D eigenvalue weighted by Crippen LogP contribution is -2.13. The van der Waals surface area contributed by atoms with E-state index >= 15 is 0 Å². The van der Waals surface area contributed by atoms with Crippen molar-refractivity contribution in [2.45, 2.75) is 20.3 Å². The molecular formula is C14H14ClNO3S2. The van der Waals surface area contributed by atoms with Crippen molar-refractivity contribution in [3.05, 3.63) is 37.9 Å². The molecule has 1 amide bonds. The lowest BCUT2D eigenvalue weighted by atomic mass is 10.2. The molecule has 2 heterocycles. The molecule has 0 aliphatic heterocycles. The summed E-state index contributed by atoms with van der Waals surface area (Å²) in [5.74, 6) is -0.744. The Labute approximate surface area is 135 Å². The van der Waals surface area contributed by atoms with Crippen molar-refractivity contribution in [1.82, 2.24) is 0 Å². The van der Waals surface area contributed by atoms with E-state index in [1.165, 1.54) is 22.7 Å². The fourth-order valence-corrected chi connectivity index (χ4v) is 3.70. The first kappa shape index (κ1) is 16.0. The van der Waals surface area contributed by atoms with Gasteiger partial charge >= 0.3 is 5.97 Å². The minimum atomic E-state index is -0.430. The average Bonchev–Trinajstić information content (AvgIpc) is 3.05. The van der Waals surface area contributed by atoms with E-state index in [2.05, 4.69) is 5.32 Å². The van der Waals surface area contributed by atoms with E-state index in [4.69, 9.17) is 16.3 Å². The molecule has 2 aromatic heterocycles. The molecule has 0 bridgehead atoms. The lowest BCUT2D eigenvalue weighted by molar-refractivity contribution is 0.0528. The van der Waals surface area contributed by atoms with Crippen molar-refractivity contribution >= 4 is 51.2 Å². The van der Waals surface area contributed by atoms with Crippen molar-refractivity contribution in [3.63, 3.8) is 0 Å². The van der Waals surface area contributed by atoms with Gasteiger partial charge in [0.2, 0.25) is 0 Å². The van der Waals surface area contributed by atoms with Gasteiger partial charge in [0.05, 0.1) is 17.2 Å². The number of rotatable bonds is 5. The van der Waals surface area contributed by atoms with Gasteiger partial charge in [0.1, 0.15) is 9.88 Å². The maximum atomic E-state index is 12.2. The van der Waals surface area contributed by atoms with Crippen LogP contribution in [0.25, 0.3) is 0 Å². The van der Waals surface area contributed by atoms with Crippen molar-refractivity contribution in [2.75, 3.05) is 11.9 Å². The van der Waals surface area contributed by atoms with Gasteiger partial charge in [-0.1, -0.05) is 18.5 Å². The normalized spacial score (nSPS) is 10.4. The van der Waals surface area contributed by atoms with E-state index in [1.807, 2.05) is 6.92 Å². The number of halogens is 1. The second kappa shape index (κ2) is 7.06. The van der Waals surface area contributed by atoms with Gasteiger partial charge < -0.3 is 10.1 Å². The van der Waals surface area contributed by atoms with Gasteiger partial charge in [-0.05, 0) is 30.9 Å². The largest absolute Gasteiger partial charge is 0.462 e. The van der Waals surface area contributed by atoms with Crippen LogP contribution in [0.2, 0.25) is 5.02 Å². The monoisotopic (exact) mass is 343 g/mol. The van der Waals surface area contributed by atoms with Crippen LogP contribution in [0, 0.1) is 0 Å². The van der Waals surface area contributed by atoms with Crippen LogP contribution in [0.3, 0.4) is 0 Å². The number of amides is 1. The van der Waals surface area contributed by atoms with Crippen molar-refractivity contribution in [2.24, 2.45) is 0 Å². The van der Waals surface area contributed by atoms with Gasteiger partial charge in [0.15, 0.2) is 0 Å². The number of nitrogens with one attached hydrogen (secondary N) is 1. The highest BCUT2D eigenvalue weighted by molar-refractivity contribution is 7.17. The predicted molar refractivity (Wildman–Crippen MR) is 86.9 cm³/mol. The number of hydrogen-bond acceptors (Lipinski definition) is 5. The van der Waals surface area contributed by atoms with Gasteiger partial charge in [-0.25, -0.2) is 4.79 Å². The molecule has 0 radical (unpaired) electrons. The van der Waals surface area contributed by atoms with Crippen LogP contribution in [0.15, 0.2) is 17.5 Å². The van der Waals surface area contributed by atoms with E-state index in [0.29, 0.717) is 27.1 Å². The third-order valence-corrected chi connectivity index (χ3v) is 5.21. The Balaban J connectivity index is 2.26. The molecule has 0 saturated carbocycles. The molecule has 7 heteroatoms. The van der Waals surface area contributed by atoms with Crippen LogP contribution in [0.1, 0.15) is 38.8 Å². The quantitative estimate of drug-likeness (QED) is 0.816. The first-order valence-electron chi connectivity index (χ1n) is 6.41. The van der Waals surface area contributed by atoms with Crippen LogP contribution >= 0.6 is 34.3 Å². The molecule has 2 rings (SSSR count). The standard InChI is InChI=1S/C14H14ClNO3S2/c1-3-8-7-9(14(18)19-4-2)13(21-8)16-12(17)11-10(15)5-6-20-11/h5-7H,3-4H2,1-2H3,(H,16,17). The van der Waals surface area contributed by atoms with Crippen LogP contribution in [0.4, 0.5) is 5.00 Å². The van der Waals surface area contributed by atoms with Crippen LogP contribution < -0.4 is 5.32 Å². The summed E-state index contributed by atoms with van der Waals surface area (Å²) in [7, 11) is 0. The Hall–Kier alpha value is -1.37. The molecule has 0 unspecified atom stereocenters. The van der Waals surface area contributed by atoms with Gasteiger partial charge in [0.25, 0.3) is 5.91 Å². The second-order valence-corrected chi connectivity index (χ2v) is 6.54. The number of ether oxygens (including phenoxy) is 1. The number of thiophene rings is 2. The number of carbonyl (C=O) groups is 2. The lowest BCUT2D eigenvalue weighted by Gasteiger charge is -2.05. The number of esters is 1. The summed E-state index contributed by atoms with van der Waals surface area (Å²) >= 11 is 8.58. The molecule has 0 saturated heterocycles. The van der Waals surface area contributed by atoms with E-state index < -0.39 is 5.97 Å².